The van der Waals surface area contributed by atoms with Gasteiger partial charge in [0.1, 0.15) is 0 Å². The molecule has 0 amide bonds. The SMILES string of the molecule is CCCCCCCCCCCCCCC=CCCc1ccccc1C1=C(CCCC)C(CCCCCCCC)=C(c2cccc(CCCCCCCC)c2)[N+]1=[N-].[CH2-]CCCCCCCCCCCC.[CH2-]CCCCCCCCCCCC.[Ni+2]. The van der Waals surface area contributed by atoms with E-state index in [0.29, 0.717) is 0 Å². The summed E-state index contributed by atoms with van der Waals surface area (Å²) in [6, 6.07) is 18.1. The summed E-state index contributed by atoms with van der Waals surface area (Å²) < 4.78 is 1.63. The van der Waals surface area contributed by atoms with Crippen LogP contribution in [0, 0.1) is 13.8 Å². The van der Waals surface area contributed by atoms with Gasteiger partial charge < -0.3 is 19.4 Å². The molecule has 2 aromatic rings. The van der Waals surface area contributed by atoms with Crippen molar-refractivity contribution in [2.24, 2.45) is 0 Å². The second-order valence-corrected chi connectivity index (χ2v) is 25.2. The zero-order chi connectivity index (χ0) is 59.5. The Morgan fingerprint density at radius 2 is 0.687 bits per heavy atom. The summed E-state index contributed by atoms with van der Waals surface area (Å²) in [6.07, 6.45) is 76.7. The molecule has 0 spiro atoms. The molecule has 0 bridgehead atoms. The summed E-state index contributed by atoms with van der Waals surface area (Å²) in [5.74, 6) is 0. The van der Waals surface area contributed by atoms with Gasteiger partial charge in [0.15, 0.2) is 0 Å². The molecule has 0 aromatic heterocycles. The maximum atomic E-state index is 12.4. The van der Waals surface area contributed by atoms with Crippen molar-refractivity contribution in [1.29, 1.82) is 0 Å². The Hall–Kier alpha value is -2.25. The van der Waals surface area contributed by atoms with Crippen molar-refractivity contribution in [3.8, 4) is 0 Å². The smallest absolute Gasteiger partial charge is 0.493 e. The van der Waals surface area contributed by atoms with Crippen LogP contribution in [0.25, 0.3) is 16.9 Å². The summed E-state index contributed by atoms with van der Waals surface area (Å²) in [5, 5.41) is 0. The molecule has 0 saturated carbocycles. The fraction of sp³-hybridized carbons (Fsp3) is 0.750. The maximum Gasteiger partial charge on any atom is 2.00 e. The van der Waals surface area contributed by atoms with Crippen molar-refractivity contribution in [3.05, 3.63) is 113 Å². The summed E-state index contributed by atoms with van der Waals surface area (Å²) in [4.78, 5) is 0. The zero-order valence-electron chi connectivity index (χ0n) is 56.6. The van der Waals surface area contributed by atoms with Crippen molar-refractivity contribution in [1.82, 2.24) is 0 Å². The summed E-state index contributed by atoms with van der Waals surface area (Å²) >= 11 is 0. The van der Waals surface area contributed by atoms with Gasteiger partial charge in [0.2, 0.25) is 11.4 Å². The van der Waals surface area contributed by atoms with Crippen molar-refractivity contribution < 1.29 is 21.2 Å². The Labute approximate surface area is 531 Å². The van der Waals surface area contributed by atoms with Gasteiger partial charge in [0, 0.05) is 22.3 Å². The number of benzene rings is 2. The van der Waals surface area contributed by atoms with Crippen LogP contribution in [0.2, 0.25) is 0 Å². The van der Waals surface area contributed by atoms with E-state index in [1.807, 2.05) is 0 Å². The first-order chi connectivity index (χ1) is 40.5. The Bertz CT molecular complexity index is 1760. The van der Waals surface area contributed by atoms with Crippen molar-refractivity contribution >= 4 is 11.4 Å². The molecule has 0 saturated heterocycles. The quantitative estimate of drug-likeness (QED) is 0.0207. The Kier molecular flexibility index (Phi) is 61.1. The monoisotopic (exact) mass is 1190 g/mol. The van der Waals surface area contributed by atoms with Crippen LogP contribution in [0.5, 0.6) is 0 Å². The summed E-state index contributed by atoms with van der Waals surface area (Å²) in [5.41, 5.74) is 22.4. The molecule has 480 valence electrons. The Balaban J connectivity index is 0.00000204. The number of hydrogen-bond donors (Lipinski definition) is 0. The predicted octanol–water partition coefficient (Wildman–Crippen LogP) is 28.5. The van der Waals surface area contributed by atoms with Gasteiger partial charge in [-0.25, -0.2) is 4.70 Å². The molecule has 0 fully saturated rings. The van der Waals surface area contributed by atoms with E-state index in [4.69, 9.17) is 0 Å². The van der Waals surface area contributed by atoms with Gasteiger partial charge >= 0.3 is 16.5 Å². The zero-order valence-corrected chi connectivity index (χ0v) is 57.6. The first kappa shape index (κ1) is 80.8. The normalized spacial score (nSPS) is 12.3. The summed E-state index contributed by atoms with van der Waals surface area (Å²) in [7, 11) is 0. The number of nitrogens with zero attached hydrogens (tertiary/aromatic N) is 2. The molecule has 0 N–H and O–H groups in total. The van der Waals surface area contributed by atoms with Crippen LogP contribution >= 0.6 is 0 Å². The van der Waals surface area contributed by atoms with Gasteiger partial charge in [-0.05, 0) is 93.5 Å². The number of hydrogen-bond acceptors (Lipinski definition) is 0. The predicted molar refractivity (Wildman–Crippen MR) is 372 cm³/mol. The van der Waals surface area contributed by atoms with Crippen molar-refractivity contribution in [2.75, 3.05) is 0 Å². The van der Waals surface area contributed by atoms with Crippen LogP contribution in [0.4, 0.5) is 0 Å². The van der Waals surface area contributed by atoms with Crippen LogP contribution in [0.1, 0.15) is 398 Å². The van der Waals surface area contributed by atoms with E-state index in [1.165, 1.54) is 322 Å². The van der Waals surface area contributed by atoms with Gasteiger partial charge in [-0.3, -0.25) is 0 Å². The van der Waals surface area contributed by atoms with Crippen LogP contribution in [-0.2, 0) is 29.3 Å². The Morgan fingerprint density at radius 3 is 1.12 bits per heavy atom. The van der Waals surface area contributed by atoms with Crippen LogP contribution < -0.4 is 0 Å². The van der Waals surface area contributed by atoms with Crippen LogP contribution in [0.3, 0.4) is 0 Å². The maximum absolute atomic E-state index is 12.4. The number of allylic oxidation sites excluding steroid dienone is 4. The van der Waals surface area contributed by atoms with E-state index in [2.05, 4.69) is 116 Å². The first-order valence-corrected chi connectivity index (χ1v) is 36.9. The van der Waals surface area contributed by atoms with E-state index in [-0.39, 0.29) is 16.5 Å². The Morgan fingerprint density at radius 1 is 0.337 bits per heavy atom. The van der Waals surface area contributed by atoms with Gasteiger partial charge in [0.05, 0.1) is 0 Å². The van der Waals surface area contributed by atoms with Gasteiger partial charge in [0.25, 0.3) is 0 Å². The van der Waals surface area contributed by atoms with Gasteiger partial charge in [-0.1, -0.05) is 354 Å². The fourth-order valence-electron chi connectivity index (χ4n) is 12.1. The molecule has 3 heteroatoms. The minimum atomic E-state index is 0. The molecule has 1 aliphatic rings. The topological polar surface area (TPSA) is 25.3 Å². The molecule has 0 unspecified atom stereocenters. The first-order valence-electron chi connectivity index (χ1n) is 36.9. The third-order valence-electron chi connectivity index (χ3n) is 17.4. The molecule has 2 aromatic carbocycles. The molecule has 0 radical (unpaired) electrons. The van der Waals surface area contributed by atoms with E-state index >= 15 is 0 Å². The average molecular weight is 1190 g/mol. The molecule has 0 atom stereocenters. The van der Waals surface area contributed by atoms with Crippen molar-refractivity contribution in [2.45, 2.75) is 388 Å². The molecule has 1 aliphatic heterocycles. The van der Waals surface area contributed by atoms with E-state index in [1.54, 1.807) is 4.70 Å². The molecule has 0 aliphatic carbocycles. The molecule has 2 nitrogen and oxygen atoms in total. The number of rotatable bonds is 55. The van der Waals surface area contributed by atoms with E-state index in [0.717, 1.165) is 69.2 Å². The second kappa shape index (κ2) is 62.8. The standard InChI is InChI=1S/C54H86N2.2C13H27.Ni/c1-5-9-13-16-19-20-21-22-23-24-25-26-27-28-30-33-40-48-41-35-36-44-50(48)54-52(43-12-8-4)51(45-34-31-18-15-11-7-3)53(56(54)55)49-42-37-39-47(46-49)38-32-29-17-14-10-6-2;2*1-3-5-7-9-11-13-12-10-8-6-4-2;/h28,30,35-37,39,41-42,44,46H,5-27,29,31-34,38,40,43,45H2,1-4H3;2*1,3-13H2,2H3;/q;2*-1;+2. The molecule has 1 heterocycles. The number of aryl methyl sites for hydroxylation is 2. The second-order valence-electron chi connectivity index (χ2n) is 25.2. The number of unbranched alkanes of at least 4 members (excludes halogenated alkanes) is 43. The van der Waals surface area contributed by atoms with Crippen LogP contribution in [-0.4, -0.2) is 4.70 Å². The third kappa shape index (κ3) is 43.9. The largest absolute Gasteiger partial charge is 2.00 e. The molecule has 83 heavy (non-hydrogen) atoms. The van der Waals surface area contributed by atoms with Crippen molar-refractivity contribution in [3.63, 3.8) is 0 Å². The van der Waals surface area contributed by atoms with E-state index < -0.39 is 0 Å². The minimum absolute atomic E-state index is 0. The third-order valence-corrected chi connectivity index (χ3v) is 17.4. The van der Waals surface area contributed by atoms with Gasteiger partial charge in [-0.15, -0.1) is 0 Å². The van der Waals surface area contributed by atoms with E-state index in [9.17, 15) is 5.53 Å². The van der Waals surface area contributed by atoms with Gasteiger partial charge in [-0.2, -0.15) is 12.8 Å². The summed E-state index contributed by atoms with van der Waals surface area (Å²) in [6.45, 7) is 21.4. The fourth-order valence-corrected chi connectivity index (χ4v) is 12.1. The average Bonchev–Trinajstić information content (AvgIpc) is 2.23. The minimum Gasteiger partial charge on any atom is -0.493 e. The molecular weight excluding hydrogens is 1050 g/mol. The van der Waals surface area contributed by atoms with Crippen LogP contribution in [0.15, 0.2) is 71.8 Å². The molecule has 3 rings (SSSR count). The molecular formula is C80H140N2Ni.